The predicted octanol–water partition coefficient (Wildman–Crippen LogP) is 4.47. The molecule has 2 aromatic carbocycles. The summed E-state index contributed by atoms with van der Waals surface area (Å²) in [7, 11) is 1.50. The molecule has 1 heteroatoms. The Morgan fingerprint density at radius 3 is 0.938 bits per heavy atom. The molecule has 0 fully saturated rings. The van der Waals surface area contributed by atoms with E-state index in [1.807, 2.05) is 27.7 Å². The lowest BCUT2D eigenvalue weighted by atomic mass is 10.1. The number of benzene rings is 2. The molecule has 0 atom stereocenters. The Hall–Kier alpha value is -1.34. The Kier molecular flexibility index (Phi) is 14.6. The lowest BCUT2D eigenvalue weighted by Crippen LogP contribution is -1.69. The zero-order valence-electron chi connectivity index (χ0n) is 11.2. The number of hydrogen-bond donors (Lipinski definition) is 1. The van der Waals surface area contributed by atoms with Crippen LogP contribution in [0.1, 0.15) is 27.7 Å². The molecule has 0 saturated carbocycles. The molecule has 2 N–H and O–H groups in total. The molecule has 90 valence electrons. The summed E-state index contributed by atoms with van der Waals surface area (Å²) >= 11 is 0. The maximum atomic E-state index is 4.50. The highest BCUT2D eigenvalue weighted by Gasteiger charge is 1.85. The fraction of sp³-hybridized carbons (Fsp3) is 0.333. The van der Waals surface area contributed by atoms with Crippen LogP contribution in [0.25, 0.3) is 10.8 Å². The number of fused-ring (bicyclic) bond motifs is 1. The van der Waals surface area contributed by atoms with Crippen molar-refractivity contribution in [2.75, 3.05) is 7.05 Å². The first kappa shape index (κ1) is 17.1. The van der Waals surface area contributed by atoms with E-state index in [0.29, 0.717) is 0 Å². The second-order valence-electron chi connectivity index (χ2n) is 2.35. The van der Waals surface area contributed by atoms with Crippen LogP contribution in [0.2, 0.25) is 0 Å². The van der Waals surface area contributed by atoms with E-state index >= 15 is 0 Å². The van der Waals surface area contributed by atoms with Gasteiger partial charge in [0.05, 0.1) is 0 Å². The molecule has 0 radical (unpaired) electrons. The highest BCUT2D eigenvalue weighted by Crippen LogP contribution is 2.11. The number of nitrogens with two attached hydrogens (primary N) is 1. The Labute approximate surface area is 100 Å². The summed E-state index contributed by atoms with van der Waals surface area (Å²) in [5.74, 6) is 0. The highest BCUT2D eigenvalue weighted by atomic mass is 14.4. The molecular weight excluding hydrogens is 194 g/mol. The van der Waals surface area contributed by atoms with Crippen molar-refractivity contribution in [3.8, 4) is 0 Å². The topological polar surface area (TPSA) is 26.0 Å². The minimum absolute atomic E-state index is 1.31. The van der Waals surface area contributed by atoms with Gasteiger partial charge in [-0.15, -0.1) is 0 Å². The zero-order chi connectivity index (χ0) is 12.8. The van der Waals surface area contributed by atoms with Gasteiger partial charge in [-0.2, -0.15) is 0 Å². The van der Waals surface area contributed by atoms with Crippen molar-refractivity contribution in [3.63, 3.8) is 0 Å². The van der Waals surface area contributed by atoms with Gasteiger partial charge >= 0.3 is 0 Å². The molecule has 0 aromatic heterocycles. The third-order valence-electron chi connectivity index (χ3n) is 1.66. The standard InChI is InChI=1S/C10H8.2C2H6.CH5N/c1-2-6-10-8-4-3-7-9(10)5-1;3*1-2/h1-8H;2*1-2H3;2H2,1H3. The fourth-order valence-corrected chi connectivity index (χ4v) is 1.13. The molecule has 0 bridgehead atoms. The summed E-state index contributed by atoms with van der Waals surface area (Å²) in [6.45, 7) is 8.00. The first-order valence-corrected chi connectivity index (χ1v) is 5.98. The van der Waals surface area contributed by atoms with Gasteiger partial charge < -0.3 is 5.73 Å². The molecule has 1 nitrogen and oxygen atoms in total. The zero-order valence-corrected chi connectivity index (χ0v) is 11.2. The minimum Gasteiger partial charge on any atom is -0.333 e. The maximum absolute atomic E-state index is 4.50. The molecule has 2 aromatic rings. The summed E-state index contributed by atoms with van der Waals surface area (Å²) in [6, 6.07) is 16.7. The third kappa shape index (κ3) is 6.20. The van der Waals surface area contributed by atoms with Crippen molar-refractivity contribution in [3.05, 3.63) is 48.5 Å². The molecular formula is C15H25N. The van der Waals surface area contributed by atoms with Gasteiger partial charge in [0.15, 0.2) is 0 Å². The Balaban J connectivity index is 0. The molecule has 2 rings (SSSR count). The average Bonchev–Trinajstić information content (AvgIpc) is 2.45. The minimum atomic E-state index is 1.31. The van der Waals surface area contributed by atoms with Gasteiger partial charge in [0.1, 0.15) is 0 Å². The largest absolute Gasteiger partial charge is 0.333 e. The van der Waals surface area contributed by atoms with Crippen LogP contribution < -0.4 is 5.73 Å². The second kappa shape index (κ2) is 13.7. The van der Waals surface area contributed by atoms with E-state index in [2.05, 4.69) is 54.3 Å². The Bertz CT molecular complexity index is 276. The monoisotopic (exact) mass is 219 g/mol. The van der Waals surface area contributed by atoms with Crippen LogP contribution in [-0.4, -0.2) is 7.05 Å². The quantitative estimate of drug-likeness (QED) is 0.695. The SMILES string of the molecule is CC.CC.CN.c1ccc2ccccc2c1. The molecule has 0 aliphatic rings. The summed E-state index contributed by atoms with van der Waals surface area (Å²) in [5, 5.41) is 2.62. The predicted molar refractivity (Wildman–Crippen MR) is 76.8 cm³/mol. The third-order valence-corrected chi connectivity index (χ3v) is 1.66. The van der Waals surface area contributed by atoms with E-state index in [0.717, 1.165) is 0 Å². The molecule has 0 spiro atoms. The van der Waals surface area contributed by atoms with Crippen molar-refractivity contribution in [1.29, 1.82) is 0 Å². The summed E-state index contributed by atoms with van der Waals surface area (Å²) < 4.78 is 0. The molecule has 0 aliphatic carbocycles. The van der Waals surface area contributed by atoms with Gasteiger partial charge in [0, 0.05) is 0 Å². The van der Waals surface area contributed by atoms with Crippen LogP contribution in [0.3, 0.4) is 0 Å². The second-order valence-corrected chi connectivity index (χ2v) is 2.35. The van der Waals surface area contributed by atoms with E-state index in [4.69, 9.17) is 0 Å². The van der Waals surface area contributed by atoms with Crippen molar-refractivity contribution in [2.24, 2.45) is 5.73 Å². The van der Waals surface area contributed by atoms with Gasteiger partial charge in [-0.05, 0) is 17.8 Å². The van der Waals surface area contributed by atoms with Crippen LogP contribution >= 0.6 is 0 Å². The van der Waals surface area contributed by atoms with Gasteiger partial charge in [0.25, 0.3) is 0 Å². The van der Waals surface area contributed by atoms with Crippen LogP contribution in [0, 0.1) is 0 Å². The van der Waals surface area contributed by atoms with Crippen LogP contribution in [-0.2, 0) is 0 Å². The molecule has 0 heterocycles. The van der Waals surface area contributed by atoms with Gasteiger partial charge in [-0.25, -0.2) is 0 Å². The van der Waals surface area contributed by atoms with Crippen LogP contribution in [0.4, 0.5) is 0 Å². The lowest BCUT2D eigenvalue weighted by Gasteiger charge is -1.92. The molecule has 0 saturated heterocycles. The smallest absolute Gasteiger partial charge is 0.0184 e. The summed E-state index contributed by atoms with van der Waals surface area (Å²) in [5.41, 5.74) is 4.50. The summed E-state index contributed by atoms with van der Waals surface area (Å²) in [6.07, 6.45) is 0. The van der Waals surface area contributed by atoms with Crippen LogP contribution in [0.5, 0.6) is 0 Å². The van der Waals surface area contributed by atoms with Crippen molar-refractivity contribution in [1.82, 2.24) is 0 Å². The number of hydrogen-bond acceptors (Lipinski definition) is 1. The molecule has 0 amide bonds. The normalized spacial score (nSPS) is 7.38. The van der Waals surface area contributed by atoms with E-state index in [9.17, 15) is 0 Å². The van der Waals surface area contributed by atoms with Gasteiger partial charge in [-0.1, -0.05) is 76.2 Å². The van der Waals surface area contributed by atoms with Crippen molar-refractivity contribution < 1.29 is 0 Å². The van der Waals surface area contributed by atoms with Crippen LogP contribution in [0.15, 0.2) is 48.5 Å². The molecule has 0 unspecified atom stereocenters. The molecule has 0 aliphatic heterocycles. The van der Waals surface area contributed by atoms with E-state index < -0.39 is 0 Å². The lowest BCUT2D eigenvalue weighted by molar-refractivity contribution is 1.48. The first-order chi connectivity index (χ1) is 7.97. The average molecular weight is 219 g/mol. The van der Waals surface area contributed by atoms with Crippen molar-refractivity contribution in [2.45, 2.75) is 27.7 Å². The fourth-order valence-electron chi connectivity index (χ4n) is 1.13. The van der Waals surface area contributed by atoms with Gasteiger partial charge in [0.2, 0.25) is 0 Å². The van der Waals surface area contributed by atoms with E-state index in [-0.39, 0.29) is 0 Å². The van der Waals surface area contributed by atoms with Gasteiger partial charge in [-0.3, -0.25) is 0 Å². The van der Waals surface area contributed by atoms with E-state index in [1.165, 1.54) is 17.8 Å². The Morgan fingerprint density at radius 2 is 0.750 bits per heavy atom. The maximum Gasteiger partial charge on any atom is -0.0184 e. The highest BCUT2D eigenvalue weighted by molar-refractivity contribution is 5.81. The Morgan fingerprint density at radius 1 is 0.562 bits per heavy atom. The first-order valence-electron chi connectivity index (χ1n) is 5.98. The summed E-state index contributed by atoms with van der Waals surface area (Å²) in [4.78, 5) is 0. The number of rotatable bonds is 0. The van der Waals surface area contributed by atoms with E-state index in [1.54, 1.807) is 0 Å². The molecule has 16 heavy (non-hydrogen) atoms. The van der Waals surface area contributed by atoms with Crippen molar-refractivity contribution >= 4 is 10.8 Å².